The lowest BCUT2D eigenvalue weighted by Gasteiger charge is -2.39. The van der Waals surface area contributed by atoms with Crippen LogP contribution in [0.15, 0.2) is 36.4 Å². The highest BCUT2D eigenvalue weighted by Crippen LogP contribution is 2.31. The van der Waals surface area contributed by atoms with Crippen molar-refractivity contribution in [2.24, 2.45) is 0 Å². The first-order chi connectivity index (χ1) is 14.4. The first kappa shape index (κ1) is 22.9. The van der Waals surface area contributed by atoms with Crippen LogP contribution in [0.3, 0.4) is 0 Å². The van der Waals surface area contributed by atoms with Gasteiger partial charge in [0.2, 0.25) is 0 Å². The molecule has 1 aliphatic rings. The van der Waals surface area contributed by atoms with E-state index in [1.54, 1.807) is 24.3 Å². The van der Waals surface area contributed by atoms with Crippen LogP contribution in [0.25, 0.3) is 0 Å². The molecule has 4 nitrogen and oxygen atoms in total. The van der Waals surface area contributed by atoms with E-state index in [2.05, 4.69) is 37.8 Å². The summed E-state index contributed by atoms with van der Waals surface area (Å²) in [7, 11) is 0. The fourth-order valence-electron chi connectivity index (χ4n) is 3.95. The Morgan fingerprint density at radius 2 is 1.70 bits per heavy atom. The maximum Gasteiger partial charge on any atom is 0.253 e. The van der Waals surface area contributed by atoms with Crippen LogP contribution in [-0.4, -0.2) is 54.4 Å². The van der Waals surface area contributed by atoms with Gasteiger partial charge in [-0.3, -0.25) is 9.69 Å². The molecule has 6 heteroatoms. The molecule has 0 N–H and O–H groups in total. The quantitative estimate of drug-likeness (QED) is 0.414. The normalized spacial score (nSPS) is 15.8. The average molecular weight is 449 g/mol. The van der Waals surface area contributed by atoms with E-state index in [-0.39, 0.29) is 11.9 Å². The molecule has 1 amide bonds. The zero-order chi connectivity index (χ0) is 21.7. The Kier molecular flexibility index (Phi) is 8.04. The molecule has 1 saturated heterocycles. The molecular weight excluding hydrogens is 419 g/mol. The average Bonchev–Trinajstić information content (AvgIpc) is 2.76. The Morgan fingerprint density at radius 3 is 2.33 bits per heavy atom. The minimum Gasteiger partial charge on any atom is -0.493 e. The van der Waals surface area contributed by atoms with E-state index in [0.29, 0.717) is 23.1 Å². The molecule has 1 aliphatic heterocycles. The third-order valence-electron chi connectivity index (χ3n) is 6.01. The molecule has 30 heavy (non-hydrogen) atoms. The lowest BCUT2D eigenvalue weighted by molar-refractivity contribution is 0.0581. The maximum atomic E-state index is 12.7. The second-order valence-corrected chi connectivity index (χ2v) is 8.62. The highest BCUT2D eigenvalue weighted by atomic mass is 35.5. The summed E-state index contributed by atoms with van der Waals surface area (Å²) in [6.07, 6.45) is 0.844. The van der Waals surface area contributed by atoms with Crippen molar-refractivity contribution in [2.75, 3.05) is 38.7 Å². The monoisotopic (exact) mass is 448 g/mol. The van der Waals surface area contributed by atoms with E-state index in [1.165, 1.54) is 16.7 Å². The molecule has 0 bridgehead atoms. The Hall–Kier alpha value is -1.75. The third kappa shape index (κ3) is 5.29. The minimum atomic E-state index is 0.0736. The van der Waals surface area contributed by atoms with Gasteiger partial charge >= 0.3 is 0 Å². The SMILES string of the molecule is Cc1c(OCCCCl)ccc([C@@H](C)N2CCN(C(=O)c3ccc(Cl)cc3)CC2)c1C. The van der Waals surface area contributed by atoms with Crippen molar-refractivity contribution >= 4 is 29.1 Å². The molecule has 0 aromatic heterocycles. The number of amides is 1. The molecule has 2 aromatic rings. The van der Waals surface area contributed by atoms with Gasteiger partial charge in [0.25, 0.3) is 5.91 Å². The number of ether oxygens (including phenoxy) is 1. The summed E-state index contributed by atoms with van der Waals surface area (Å²) in [5.41, 5.74) is 4.46. The number of carbonyl (C=O) groups is 1. The second kappa shape index (κ2) is 10.5. The zero-order valence-electron chi connectivity index (χ0n) is 18.0. The van der Waals surface area contributed by atoms with Crippen molar-refractivity contribution in [3.05, 3.63) is 63.7 Å². The maximum absolute atomic E-state index is 12.7. The summed E-state index contributed by atoms with van der Waals surface area (Å²) < 4.78 is 5.88. The summed E-state index contributed by atoms with van der Waals surface area (Å²) in [5.74, 6) is 1.62. The number of carbonyl (C=O) groups excluding carboxylic acids is 1. The van der Waals surface area contributed by atoms with Crippen molar-refractivity contribution in [3.8, 4) is 5.75 Å². The molecular formula is C24H30Cl2N2O2. The lowest BCUT2D eigenvalue weighted by atomic mass is 9.96. The van der Waals surface area contributed by atoms with Crippen LogP contribution in [-0.2, 0) is 0 Å². The van der Waals surface area contributed by atoms with Gasteiger partial charge in [-0.2, -0.15) is 0 Å². The molecule has 0 unspecified atom stereocenters. The molecule has 1 atom stereocenters. The van der Waals surface area contributed by atoms with E-state index in [4.69, 9.17) is 27.9 Å². The van der Waals surface area contributed by atoms with E-state index >= 15 is 0 Å². The highest BCUT2D eigenvalue weighted by Gasteiger charge is 2.26. The Balaban J connectivity index is 1.62. The highest BCUT2D eigenvalue weighted by molar-refractivity contribution is 6.30. The van der Waals surface area contributed by atoms with Crippen LogP contribution in [0, 0.1) is 13.8 Å². The van der Waals surface area contributed by atoms with Gasteiger partial charge in [0.1, 0.15) is 5.75 Å². The molecule has 3 rings (SSSR count). The Bertz CT molecular complexity index is 862. The molecule has 0 spiro atoms. The molecule has 1 fully saturated rings. The van der Waals surface area contributed by atoms with Crippen LogP contribution < -0.4 is 4.74 Å². The van der Waals surface area contributed by atoms with Gasteiger partial charge in [-0.1, -0.05) is 17.7 Å². The topological polar surface area (TPSA) is 32.8 Å². The number of benzene rings is 2. The fourth-order valence-corrected chi connectivity index (χ4v) is 4.18. The number of nitrogens with zero attached hydrogens (tertiary/aromatic N) is 2. The number of halogens is 2. The number of hydrogen-bond donors (Lipinski definition) is 0. The van der Waals surface area contributed by atoms with Crippen LogP contribution >= 0.6 is 23.2 Å². The van der Waals surface area contributed by atoms with Gasteiger partial charge in [0.05, 0.1) is 6.61 Å². The predicted octanol–water partition coefficient (Wildman–Crippen LogP) is 5.48. The van der Waals surface area contributed by atoms with Crippen molar-refractivity contribution in [2.45, 2.75) is 33.2 Å². The van der Waals surface area contributed by atoms with Gasteiger partial charge in [-0.25, -0.2) is 0 Å². The van der Waals surface area contributed by atoms with Crippen molar-refractivity contribution in [3.63, 3.8) is 0 Å². The standard InChI is InChI=1S/C24H30Cl2N2O2/c1-17-18(2)23(30-16-4-11-25)10-9-22(17)19(3)27-12-14-28(15-13-27)24(29)20-5-7-21(26)8-6-20/h5-10,19H,4,11-16H2,1-3H3/t19-/m1/s1. The van der Waals surface area contributed by atoms with Crippen molar-refractivity contribution in [1.82, 2.24) is 9.80 Å². The number of rotatable bonds is 7. The summed E-state index contributed by atoms with van der Waals surface area (Å²) in [5, 5.41) is 0.645. The molecule has 162 valence electrons. The van der Waals surface area contributed by atoms with Gasteiger partial charge in [0, 0.05) is 48.7 Å². The van der Waals surface area contributed by atoms with Crippen LogP contribution in [0.1, 0.15) is 46.4 Å². The minimum absolute atomic E-state index is 0.0736. The molecule has 1 heterocycles. The predicted molar refractivity (Wildman–Crippen MR) is 124 cm³/mol. The van der Waals surface area contributed by atoms with Gasteiger partial charge in [-0.15, -0.1) is 11.6 Å². The van der Waals surface area contributed by atoms with Gasteiger partial charge < -0.3 is 9.64 Å². The lowest BCUT2D eigenvalue weighted by Crippen LogP contribution is -2.49. The second-order valence-electron chi connectivity index (χ2n) is 7.80. The zero-order valence-corrected chi connectivity index (χ0v) is 19.5. The molecule has 0 saturated carbocycles. The smallest absolute Gasteiger partial charge is 0.253 e. The van der Waals surface area contributed by atoms with E-state index in [1.807, 2.05) is 4.90 Å². The summed E-state index contributed by atoms with van der Waals surface area (Å²) in [6.45, 7) is 10.3. The van der Waals surface area contributed by atoms with Crippen LogP contribution in [0.2, 0.25) is 5.02 Å². The van der Waals surface area contributed by atoms with Crippen LogP contribution in [0.5, 0.6) is 5.75 Å². The van der Waals surface area contributed by atoms with E-state index < -0.39 is 0 Å². The van der Waals surface area contributed by atoms with Crippen LogP contribution in [0.4, 0.5) is 0 Å². The van der Waals surface area contributed by atoms with Gasteiger partial charge in [-0.05, 0) is 74.2 Å². The van der Waals surface area contributed by atoms with E-state index in [0.717, 1.165) is 38.3 Å². The fraction of sp³-hybridized carbons (Fsp3) is 0.458. The summed E-state index contributed by atoms with van der Waals surface area (Å²) in [6, 6.07) is 11.7. The van der Waals surface area contributed by atoms with Crippen molar-refractivity contribution in [1.29, 1.82) is 0 Å². The summed E-state index contributed by atoms with van der Waals surface area (Å²) >= 11 is 11.7. The molecule has 2 aromatic carbocycles. The number of alkyl halides is 1. The first-order valence-electron chi connectivity index (χ1n) is 10.5. The Morgan fingerprint density at radius 1 is 1.03 bits per heavy atom. The van der Waals surface area contributed by atoms with Gasteiger partial charge in [0.15, 0.2) is 0 Å². The molecule has 0 radical (unpaired) electrons. The Labute approximate surface area is 189 Å². The largest absolute Gasteiger partial charge is 0.493 e. The third-order valence-corrected chi connectivity index (χ3v) is 6.52. The summed E-state index contributed by atoms with van der Waals surface area (Å²) in [4.78, 5) is 17.1. The molecule has 0 aliphatic carbocycles. The van der Waals surface area contributed by atoms with E-state index in [9.17, 15) is 4.79 Å². The number of hydrogen-bond acceptors (Lipinski definition) is 3. The van der Waals surface area contributed by atoms with Crippen molar-refractivity contribution < 1.29 is 9.53 Å². The number of piperazine rings is 1. The first-order valence-corrected chi connectivity index (χ1v) is 11.4.